The molecule has 21 heavy (non-hydrogen) atoms. The molecule has 0 amide bonds. The molecule has 0 fully saturated rings. The monoisotopic (exact) mass is 306 g/mol. The van der Waals surface area contributed by atoms with E-state index < -0.39 is 0 Å². The number of ether oxygens (including phenoxy) is 1. The predicted octanol–water partition coefficient (Wildman–Crippen LogP) is 2.50. The van der Waals surface area contributed by atoms with Crippen molar-refractivity contribution >= 4 is 11.3 Å². The molecule has 0 spiro atoms. The average Bonchev–Trinajstić information content (AvgIpc) is 3.13. The van der Waals surface area contributed by atoms with Crippen LogP contribution in [0.15, 0.2) is 17.8 Å². The van der Waals surface area contributed by atoms with Gasteiger partial charge in [0.2, 0.25) is 0 Å². The van der Waals surface area contributed by atoms with Crippen LogP contribution in [-0.4, -0.2) is 39.4 Å². The fourth-order valence-electron chi connectivity index (χ4n) is 2.84. The zero-order chi connectivity index (χ0) is 14.7. The summed E-state index contributed by atoms with van der Waals surface area (Å²) in [6.45, 7) is 9.46. The van der Waals surface area contributed by atoms with Crippen LogP contribution in [0, 0.1) is 0 Å². The fraction of sp³-hybridized carbons (Fsp3) is 0.600. The molecule has 3 heterocycles. The van der Waals surface area contributed by atoms with Crippen molar-refractivity contribution in [3.05, 3.63) is 34.0 Å². The largest absolute Gasteiger partial charge is 0.381 e. The topological polar surface area (TPSA) is 43.2 Å². The lowest BCUT2D eigenvalue weighted by Gasteiger charge is -2.31. The highest BCUT2D eigenvalue weighted by molar-refractivity contribution is 7.09. The van der Waals surface area contributed by atoms with E-state index >= 15 is 0 Å². The first kappa shape index (κ1) is 14.7. The first-order chi connectivity index (χ1) is 10.3. The van der Waals surface area contributed by atoms with E-state index in [9.17, 15) is 0 Å². The van der Waals surface area contributed by atoms with Crippen molar-refractivity contribution < 1.29 is 4.74 Å². The molecule has 0 bridgehead atoms. The summed E-state index contributed by atoms with van der Waals surface area (Å²) in [5.41, 5.74) is 2.56. The van der Waals surface area contributed by atoms with Gasteiger partial charge in [-0.3, -0.25) is 9.58 Å². The highest BCUT2D eigenvalue weighted by Crippen LogP contribution is 2.28. The van der Waals surface area contributed by atoms with Gasteiger partial charge in [0, 0.05) is 55.5 Å². The Morgan fingerprint density at radius 1 is 1.43 bits per heavy atom. The molecule has 0 saturated heterocycles. The molecule has 5 nitrogen and oxygen atoms in total. The third kappa shape index (κ3) is 3.33. The number of nitrogens with zero attached hydrogens (tertiary/aromatic N) is 4. The van der Waals surface area contributed by atoms with Crippen LogP contribution >= 0.6 is 11.3 Å². The molecule has 1 aliphatic heterocycles. The summed E-state index contributed by atoms with van der Waals surface area (Å²) in [6, 6.07) is 0. The van der Waals surface area contributed by atoms with Gasteiger partial charge in [0.25, 0.3) is 0 Å². The molecule has 0 saturated carbocycles. The Morgan fingerprint density at radius 3 is 3.05 bits per heavy atom. The second kappa shape index (κ2) is 6.68. The molecule has 1 aliphatic rings. The highest BCUT2D eigenvalue weighted by Gasteiger charge is 2.28. The molecule has 0 radical (unpaired) electrons. The van der Waals surface area contributed by atoms with Crippen molar-refractivity contribution in [3.63, 3.8) is 0 Å². The molecule has 2 aromatic rings. The summed E-state index contributed by atoms with van der Waals surface area (Å²) in [6.07, 6.45) is 4.06. The second-order valence-electron chi connectivity index (χ2n) is 5.35. The molecule has 0 N–H and O–H groups in total. The number of fused-ring (bicyclic) bond motifs is 1. The van der Waals surface area contributed by atoms with Crippen LogP contribution in [-0.2, 0) is 24.4 Å². The van der Waals surface area contributed by atoms with Crippen molar-refractivity contribution in [2.75, 3.05) is 19.8 Å². The van der Waals surface area contributed by atoms with Gasteiger partial charge in [0.1, 0.15) is 5.01 Å². The number of hydrogen-bond donors (Lipinski definition) is 0. The van der Waals surface area contributed by atoms with E-state index in [0.29, 0.717) is 5.92 Å². The molecular formula is C15H22N4OS. The number of rotatable bonds is 6. The maximum absolute atomic E-state index is 5.67. The smallest absolute Gasteiger partial charge is 0.107 e. The minimum absolute atomic E-state index is 0.362. The van der Waals surface area contributed by atoms with Crippen LogP contribution in [0.4, 0.5) is 0 Å². The van der Waals surface area contributed by atoms with E-state index in [1.54, 1.807) is 11.3 Å². The summed E-state index contributed by atoms with van der Waals surface area (Å²) in [5.74, 6) is 0.362. The van der Waals surface area contributed by atoms with E-state index in [-0.39, 0.29) is 0 Å². The Kier molecular flexibility index (Phi) is 4.67. The van der Waals surface area contributed by atoms with Crippen molar-refractivity contribution in [3.8, 4) is 0 Å². The van der Waals surface area contributed by atoms with Gasteiger partial charge < -0.3 is 4.74 Å². The zero-order valence-electron chi connectivity index (χ0n) is 12.7. The van der Waals surface area contributed by atoms with E-state index in [4.69, 9.17) is 9.84 Å². The summed E-state index contributed by atoms with van der Waals surface area (Å²) >= 11 is 1.72. The third-order valence-electron chi connectivity index (χ3n) is 3.82. The van der Waals surface area contributed by atoms with E-state index in [2.05, 4.69) is 23.0 Å². The Bertz CT molecular complexity index is 566. The third-order valence-corrected chi connectivity index (χ3v) is 4.58. The van der Waals surface area contributed by atoms with Gasteiger partial charge in [0.05, 0.1) is 18.8 Å². The SMILES string of the molecule is CCOCC1CN(Cc2nccs2)Cc2cn(CC)nc21. The van der Waals surface area contributed by atoms with Crippen LogP contribution in [0.3, 0.4) is 0 Å². The Balaban J connectivity index is 1.77. The molecule has 2 aromatic heterocycles. The summed E-state index contributed by atoms with van der Waals surface area (Å²) in [5, 5.41) is 7.95. The highest BCUT2D eigenvalue weighted by atomic mass is 32.1. The lowest BCUT2D eigenvalue weighted by molar-refractivity contribution is 0.104. The van der Waals surface area contributed by atoms with Crippen LogP contribution in [0.25, 0.3) is 0 Å². The standard InChI is InChI=1S/C15H22N4OS/c1-3-19-9-12-7-18(10-14-16-5-6-21-14)8-13(11-20-4-2)15(12)17-19/h5-6,9,13H,3-4,7-8,10-11H2,1-2H3. The maximum Gasteiger partial charge on any atom is 0.107 e. The molecule has 0 aromatic carbocycles. The van der Waals surface area contributed by atoms with Gasteiger partial charge in [-0.25, -0.2) is 4.98 Å². The second-order valence-corrected chi connectivity index (χ2v) is 6.33. The van der Waals surface area contributed by atoms with E-state index in [0.717, 1.165) is 39.4 Å². The lowest BCUT2D eigenvalue weighted by atomic mass is 9.97. The van der Waals surface area contributed by atoms with Gasteiger partial charge in [0.15, 0.2) is 0 Å². The van der Waals surface area contributed by atoms with Crippen LogP contribution in [0.1, 0.15) is 36.0 Å². The van der Waals surface area contributed by atoms with Crippen LogP contribution < -0.4 is 0 Å². The summed E-state index contributed by atoms with van der Waals surface area (Å²) in [7, 11) is 0. The average molecular weight is 306 g/mol. The van der Waals surface area contributed by atoms with Gasteiger partial charge in [-0.05, 0) is 13.8 Å². The van der Waals surface area contributed by atoms with E-state index in [1.165, 1.54) is 16.3 Å². The molecule has 114 valence electrons. The van der Waals surface area contributed by atoms with Crippen molar-refractivity contribution in [2.24, 2.45) is 0 Å². The number of hydrogen-bond acceptors (Lipinski definition) is 5. The van der Waals surface area contributed by atoms with Gasteiger partial charge in [-0.15, -0.1) is 11.3 Å². The first-order valence-electron chi connectivity index (χ1n) is 7.54. The van der Waals surface area contributed by atoms with Crippen molar-refractivity contribution in [2.45, 2.75) is 39.4 Å². The summed E-state index contributed by atoms with van der Waals surface area (Å²) in [4.78, 5) is 6.85. The zero-order valence-corrected chi connectivity index (χ0v) is 13.5. The summed E-state index contributed by atoms with van der Waals surface area (Å²) < 4.78 is 7.71. The number of aromatic nitrogens is 3. The minimum atomic E-state index is 0.362. The molecule has 3 rings (SSSR count). The molecular weight excluding hydrogens is 284 g/mol. The number of aryl methyl sites for hydroxylation is 1. The lowest BCUT2D eigenvalue weighted by Crippen LogP contribution is -2.34. The molecule has 1 unspecified atom stereocenters. The molecule has 1 atom stereocenters. The minimum Gasteiger partial charge on any atom is -0.381 e. The normalized spacial score (nSPS) is 18.9. The van der Waals surface area contributed by atoms with Crippen LogP contribution in [0.2, 0.25) is 0 Å². The Hall–Kier alpha value is -1.24. The maximum atomic E-state index is 5.67. The van der Waals surface area contributed by atoms with Gasteiger partial charge >= 0.3 is 0 Å². The van der Waals surface area contributed by atoms with Crippen LogP contribution in [0.5, 0.6) is 0 Å². The van der Waals surface area contributed by atoms with Gasteiger partial charge in [-0.1, -0.05) is 0 Å². The Morgan fingerprint density at radius 2 is 2.33 bits per heavy atom. The number of thiazole rings is 1. The first-order valence-corrected chi connectivity index (χ1v) is 8.42. The predicted molar refractivity (Wildman–Crippen MR) is 83.4 cm³/mol. The molecule has 0 aliphatic carbocycles. The quantitative estimate of drug-likeness (QED) is 0.822. The molecule has 6 heteroatoms. The van der Waals surface area contributed by atoms with Gasteiger partial charge in [-0.2, -0.15) is 5.10 Å². The van der Waals surface area contributed by atoms with Crippen molar-refractivity contribution in [1.29, 1.82) is 0 Å². The van der Waals surface area contributed by atoms with E-state index in [1.807, 2.05) is 23.2 Å². The fourth-order valence-corrected chi connectivity index (χ4v) is 3.50. The Labute approximate surface area is 129 Å². The van der Waals surface area contributed by atoms with Crippen molar-refractivity contribution in [1.82, 2.24) is 19.7 Å².